The smallest absolute Gasteiger partial charge is 0.120 e. The Bertz CT molecular complexity index is 333. The summed E-state index contributed by atoms with van der Waals surface area (Å²) in [6.07, 6.45) is 12.7. The lowest BCUT2D eigenvalue weighted by Crippen LogP contribution is -1.98. The minimum Gasteiger partial charge on any atom is -0.339 e. The highest BCUT2D eigenvalue weighted by molar-refractivity contribution is 5.21. The summed E-state index contributed by atoms with van der Waals surface area (Å²) in [5.41, 5.74) is 0.785. The molecule has 0 aromatic carbocycles. The summed E-state index contributed by atoms with van der Waals surface area (Å²) >= 11 is 0. The Balaban J connectivity index is 2.00. The normalized spacial score (nSPS) is 10.4. The van der Waals surface area contributed by atoms with E-state index in [4.69, 9.17) is 5.26 Å². The van der Waals surface area contributed by atoms with Crippen LogP contribution in [0.3, 0.4) is 0 Å². The maximum absolute atomic E-state index is 8.86. The average Bonchev–Trinajstić information content (AvgIpc) is 2.80. The summed E-state index contributed by atoms with van der Waals surface area (Å²) in [6, 6.07) is 6.04. The fourth-order valence-corrected chi connectivity index (χ4v) is 2.13. The highest BCUT2D eigenvalue weighted by atomic mass is 15.0. The second-order valence-electron chi connectivity index (χ2n) is 4.67. The van der Waals surface area contributed by atoms with Crippen LogP contribution >= 0.6 is 0 Å². The Morgan fingerprint density at radius 3 is 2.35 bits per heavy atom. The van der Waals surface area contributed by atoms with Crippen LogP contribution in [0.2, 0.25) is 0 Å². The van der Waals surface area contributed by atoms with Crippen molar-refractivity contribution in [2.75, 3.05) is 0 Å². The van der Waals surface area contributed by atoms with Crippen LogP contribution in [0.4, 0.5) is 0 Å². The van der Waals surface area contributed by atoms with Gasteiger partial charge < -0.3 is 4.57 Å². The van der Waals surface area contributed by atoms with Crippen molar-refractivity contribution >= 4 is 0 Å². The summed E-state index contributed by atoms with van der Waals surface area (Å²) in [6.45, 7) is 3.24. The number of hydrogen-bond donors (Lipinski definition) is 0. The zero-order valence-corrected chi connectivity index (χ0v) is 11.0. The predicted octanol–water partition coefficient (Wildman–Crippen LogP) is 4.50. The summed E-state index contributed by atoms with van der Waals surface area (Å²) in [5, 5.41) is 8.86. The van der Waals surface area contributed by atoms with Crippen LogP contribution in [0.1, 0.15) is 64.0 Å². The number of aromatic nitrogens is 1. The van der Waals surface area contributed by atoms with E-state index in [2.05, 4.69) is 17.6 Å². The molecular formula is C15H24N2. The van der Waals surface area contributed by atoms with E-state index in [1.165, 1.54) is 51.4 Å². The zero-order valence-electron chi connectivity index (χ0n) is 11.0. The molecule has 1 aromatic rings. The lowest BCUT2D eigenvalue weighted by Gasteiger charge is -2.04. The number of nitrogens with zero attached hydrogens (tertiary/aromatic N) is 2. The third kappa shape index (κ3) is 5.58. The third-order valence-electron chi connectivity index (χ3n) is 3.20. The first kappa shape index (κ1) is 13.8. The second kappa shape index (κ2) is 8.87. The molecule has 0 saturated carbocycles. The van der Waals surface area contributed by atoms with E-state index in [1.807, 2.05) is 18.3 Å². The van der Waals surface area contributed by atoms with Crippen molar-refractivity contribution in [2.45, 2.75) is 64.8 Å². The highest BCUT2D eigenvalue weighted by Crippen LogP contribution is 2.10. The van der Waals surface area contributed by atoms with E-state index in [0.717, 1.165) is 12.2 Å². The van der Waals surface area contributed by atoms with Gasteiger partial charge in [-0.05, 0) is 18.6 Å². The van der Waals surface area contributed by atoms with Gasteiger partial charge in [-0.3, -0.25) is 0 Å². The average molecular weight is 232 g/mol. The van der Waals surface area contributed by atoms with Crippen LogP contribution < -0.4 is 0 Å². The molecule has 0 unspecified atom stereocenters. The van der Waals surface area contributed by atoms with E-state index in [9.17, 15) is 0 Å². The van der Waals surface area contributed by atoms with Crippen molar-refractivity contribution in [3.05, 3.63) is 24.0 Å². The molecule has 0 radical (unpaired) electrons. The first-order chi connectivity index (χ1) is 8.38. The Morgan fingerprint density at radius 2 is 1.71 bits per heavy atom. The molecule has 0 spiro atoms. The van der Waals surface area contributed by atoms with Crippen molar-refractivity contribution in [1.82, 2.24) is 4.57 Å². The molecule has 17 heavy (non-hydrogen) atoms. The van der Waals surface area contributed by atoms with Crippen molar-refractivity contribution in [3.63, 3.8) is 0 Å². The van der Waals surface area contributed by atoms with Crippen molar-refractivity contribution in [1.29, 1.82) is 5.26 Å². The third-order valence-corrected chi connectivity index (χ3v) is 3.20. The van der Waals surface area contributed by atoms with Crippen molar-refractivity contribution < 1.29 is 0 Å². The summed E-state index contributed by atoms with van der Waals surface area (Å²) in [4.78, 5) is 0. The first-order valence-electron chi connectivity index (χ1n) is 6.93. The van der Waals surface area contributed by atoms with E-state index in [-0.39, 0.29) is 0 Å². The quantitative estimate of drug-likeness (QED) is 0.576. The monoisotopic (exact) mass is 232 g/mol. The molecule has 1 rings (SSSR count). The molecule has 0 aliphatic rings. The number of nitriles is 1. The predicted molar refractivity (Wildman–Crippen MR) is 71.8 cm³/mol. The summed E-state index contributed by atoms with van der Waals surface area (Å²) in [7, 11) is 0. The lowest BCUT2D eigenvalue weighted by atomic mass is 10.1. The molecule has 94 valence electrons. The minimum absolute atomic E-state index is 0.785. The van der Waals surface area contributed by atoms with Crippen molar-refractivity contribution in [2.24, 2.45) is 0 Å². The topological polar surface area (TPSA) is 28.7 Å². The Kier molecular flexibility index (Phi) is 7.22. The second-order valence-corrected chi connectivity index (χ2v) is 4.67. The van der Waals surface area contributed by atoms with Gasteiger partial charge in [-0.2, -0.15) is 5.26 Å². The highest BCUT2D eigenvalue weighted by Gasteiger charge is 1.98. The van der Waals surface area contributed by atoms with Gasteiger partial charge in [-0.1, -0.05) is 51.9 Å². The van der Waals surface area contributed by atoms with E-state index < -0.39 is 0 Å². The molecule has 1 heterocycles. The summed E-state index contributed by atoms with van der Waals surface area (Å²) in [5.74, 6) is 0. The molecule has 0 amide bonds. The maximum Gasteiger partial charge on any atom is 0.120 e. The number of unbranched alkanes of at least 4 members (excludes halogenated alkanes) is 7. The molecule has 0 aliphatic heterocycles. The molecule has 2 heteroatoms. The standard InChI is InChI=1S/C15H24N2/c1-2-3-4-5-6-7-8-9-12-17-13-10-11-15(17)14-16/h10-11,13H,2-9,12H2,1H3. The van der Waals surface area contributed by atoms with Crippen LogP contribution in [-0.4, -0.2) is 4.57 Å². The number of rotatable bonds is 9. The lowest BCUT2D eigenvalue weighted by molar-refractivity contribution is 0.543. The summed E-state index contributed by atoms with van der Waals surface area (Å²) < 4.78 is 2.05. The minimum atomic E-state index is 0.785. The molecule has 0 bridgehead atoms. The Labute approximate surface area is 105 Å². The van der Waals surface area contributed by atoms with Gasteiger partial charge in [0, 0.05) is 12.7 Å². The van der Waals surface area contributed by atoms with Crippen LogP contribution in [0, 0.1) is 11.3 Å². The number of hydrogen-bond acceptors (Lipinski definition) is 1. The van der Waals surface area contributed by atoms with E-state index in [1.54, 1.807) is 0 Å². The zero-order chi connectivity index (χ0) is 12.3. The van der Waals surface area contributed by atoms with Gasteiger partial charge in [0.25, 0.3) is 0 Å². The van der Waals surface area contributed by atoms with E-state index >= 15 is 0 Å². The van der Waals surface area contributed by atoms with Crippen LogP contribution in [0.25, 0.3) is 0 Å². The van der Waals surface area contributed by atoms with Crippen LogP contribution in [-0.2, 0) is 6.54 Å². The van der Waals surface area contributed by atoms with Gasteiger partial charge in [0.1, 0.15) is 11.8 Å². The van der Waals surface area contributed by atoms with Gasteiger partial charge in [0.2, 0.25) is 0 Å². The Morgan fingerprint density at radius 1 is 1.06 bits per heavy atom. The molecule has 0 fully saturated rings. The van der Waals surface area contributed by atoms with Crippen LogP contribution in [0.5, 0.6) is 0 Å². The fraction of sp³-hybridized carbons (Fsp3) is 0.667. The fourth-order valence-electron chi connectivity index (χ4n) is 2.13. The molecule has 0 N–H and O–H groups in total. The van der Waals surface area contributed by atoms with Gasteiger partial charge in [0.05, 0.1) is 0 Å². The molecule has 0 saturated heterocycles. The van der Waals surface area contributed by atoms with Gasteiger partial charge in [0.15, 0.2) is 0 Å². The Hall–Kier alpha value is -1.23. The number of aryl methyl sites for hydroxylation is 1. The molecular weight excluding hydrogens is 208 g/mol. The molecule has 2 nitrogen and oxygen atoms in total. The van der Waals surface area contributed by atoms with E-state index in [0.29, 0.717) is 0 Å². The largest absolute Gasteiger partial charge is 0.339 e. The van der Waals surface area contributed by atoms with Gasteiger partial charge >= 0.3 is 0 Å². The first-order valence-corrected chi connectivity index (χ1v) is 6.93. The SMILES string of the molecule is CCCCCCCCCCn1cccc1C#N. The molecule has 0 atom stereocenters. The van der Waals surface area contributed by atoms with Crippen molar-refractivity contribution in [3.8, 4) is 6.07 Å². The molecule has 0 aliphatic carbocycles. The van der Waals surface area contributed by atoms with Gasteiger partial charge in [-0.15, -0.1) is 0 Å². The molecule has 1 aromatic heterocycles. The van der Waals surface area contributed by atoms with Crippen LogP contribution in [0.15, 0.2) is 18.3 Å². The maximum atomic E-state index is 8.86. The van der Waals surface area contributed by atoms with Gasteiger partial charge in [-0.25, -0.2) is 0 Å².